The smallest absolute Gasteiger partial charge is 0.456 e. The van der Waals surface area contributed by atoms with Gasteiger partial charge < -0.3 is 19.4 Å². The molecule has 0 radical (unpaired) electrons. The number of carbonyl (C=O) groups is 2. The zero-order valence-electron chi connectivity index (χ0n) is 46.6. The molecule has 2 N–H and O–H groups in total. The van der Waals surface area contributed by atoms with Gasteiger partial charge in [0.15, 0.2) is 0 Å². The highest BCUT2D eigenvalue weighted by Gasteiger charge is 2.30. The summed E-state index contributed by atoms with van der Waals surface area (Å²) in [6.07, 6.45) is 57.4. The van der Waals surface area contributed by atoms with E-state index in [0.29, 0.717) is 17.4 Å². The molecule has 0 saturated heterocycles. The van der Waals surface area contributed by atoms with Gasteiger partial charge in [-0.25, -0.2) is 4.57 Å². The van der Waals surface area contributed by atoms with Crippen LogP contribution in [0.3, 0.4) is 0 Å². The Kier molecular flexibility index (Phi) is 48.9. The minimum Gasteiger partial charge on any atom is -0.456 e. The van der Waals surface area contributed by atoms with Gasteiger partial charge in [0, 0.05) is 12.8 Å². The van der Waals surface area contributed by atoms with Gasteiger partial charge in [0.2, 0.25) is 5.91 Å². The fourth-order valence-electron chi connectivity index (χ4n) is 8.76. The lowest BCUT2D eigenvalue weighted by Crippen LogP contribution is -2.47. The Morgan fingerprint density at radius 2 is 0.841 bits per heavy atom. The molecule has 3 atom stereocenters. The first-order chi connectivity index (χ1) is 33.4. The standard InChI is InChI=1S/C59H115N2O7P/c1-7-10-13-16-19-22-25-28-30-31-33-36-39-42-45-48-51-58(62)60-56(55-67-69(64,65)66-54-53-61(4,5)6)57(50-47-44-41-38-35-32-27-24-21-18-15-12-9-3)68-59(63)52-49-46-43-40-37-34-29-26-23-20-17-14-11-8-2/h34,37,47,50,56-57H,7-33,35-36,38-46,48-49,51-55H2,1-6H3,(H-,60,62,64,65)/p+1/b37-34-,50-47+. The lowest BCUT2D eigenvalue weighted by molar-refractivity contribution is -0.870. The predicted molar refractivity (Wildman–Crippen MR) is 296 cm³/mol. The number of phosphoric ester groups is 1. The second-order valence-electron chi connectivity index (χ2n) is 21.5. The van der Waals surface area contributed by atoms with Crippen LogP contribution >= 0.6 is 7.82 Å². The van der Waals surface area contributed by atoms with E-state index < -0.39 is 20.0 Å². The lowest BCUT2D eigenvalue weighted by Gasteiger charge is -2.27. The first-order valence-corrected chi connectivity index (χ1v) is 31.2. The van der Waals surface area contributed by atoms with E-state index in [1.807, 2.05) is 33.3 Å². The summed E-state index contributed by atoms with van der Waals surface area (Å²) in [4.78, 5) is 37.6. The van der Waals surface area contributed by atoms with Gasteiger partial charge in [-0.1, -0.05) is 244 Å². The lowest BCUT2D eigenvalue weighted by atomic mass is 10.0. The van der Waals surface area contributed by atoms with Gasteiger partial charge >= 0.3 is 13.8 Å². The van der Waals surface area contributed by atoms with E-state index in [2.05, 4.69) is 38.2 Å². The largest absolute Gasteiger partial charge is 0.472 e. The molecule has 0 aromatic heterocycles. The molecule has 0 spiro atoms. The number of carbonyl (C=O) groups excluding carboxylic acids is 2. The maximum absolute atomic E-state index is 13.5. The molecular weight excluding hydrogens is 880 g/mol. The van der Waals surface area contributed by atoms with Crippen LogP contribution in [0.5, 0.6) is 0 Å². The Balaban J connectivity index is 5.34. The van der Waals surface area contributed by atoms with Crippen molar-refractivity contribution in [2.45, 2.75) is 303 Å². The molecule has 10 heteroatoms. The average molecular weight is 997 g/mol. The third-order valence-corrected chi connectivity index (χ3v) is 14.4. The van der Waals surface area contributed by atoms with Crippen molar-refractivity contribution in [1.82, 2.24) is 5.32 Å². The fraction of sp³-hybridized carbons (Fsp3) is 0.898. The van der Waals surface area contributed by atoms with E-state index in [9.17, 15) is 19.0 Å². The summed E-state index contributed by atoms with van der Waals surface area (Å²) in [6.45, 7) is 7.03. The molecule has 0 bridgehead atoms. The molecule has 0 heterocycles. The summed E-state index contributed by atoms with van der Waals surface area (Å²) < 4.78 is 30.6. The Morgan fingerprint density at radius 1 is 0.493 bits per heavy atom. The van der Waals surface area contributed by atoms with Crippen molar-refractivity contribution in [3.8, 4) is 0 Å². The summed E-state index contributed by atoms with van der Waals surface area (Å²) in [5, 5.41) is 3.05. The number of allylic oxidation sites excluding steroid dienone is 3. The Morgan fingerprint density at radius 3 is 1.25 bits per heavy atom. The topological polar surface area (TPSA) is 111 Å². The zero-order valence-corrected chi connectivity index (χ0v) is 47.5. The van der Waals surface area contributed by atoms with E-state index in [1.54, 1.807) is 0 Å². The maximum atomic E-state index is 13.5. The van der Waals surface area contributed by atoms with Crippen LogP contribution in [0.2, 0.25) is 0 Å². The molecule has 0 aliphatic heterocycles. The number of likely N-dealkylation sites (N-methyl/N-ethyl adjacent to an activating group) is 1. The number of hydrogen-bond acceptors (Lipinski definition) is 6. The van der Waals surface area contributed by atoms with Gasteiger partial charge in [-0.2, -0.15) is 0 Å². The normalized spacial score (nSPS) is 13.9. The molecule has 9 nitrogen and oxygen atoms in total. The summed E-state index contributed by atoms with van der Waals surface area (Å²) in [6, 6.07) is -0.847. The van der Waals surface area contributed by atoms with Crippen LogP contribution in [0.15, 0.2) is 24.3 Å². The highest BCUT2D eigenvalue weighted by Crippen LogP contribution is 2.43. The Hall–Kier alpha value is -1.51. The molecule has 69 heavy (non-hydrogen) atoms. The number of phosphoric acid groups is 1. The highest BCUT2D eigenvalue weighted by molar-refractivity contribution is 7.47. The van der Waals surface area contributed by atoms with E-state index in [-0.39, 0.29) is 31.5 Å². The van der Waals surface area contributed by atoms with Crippen LogP contribution in [-0.4, -0.2) is 74.3 Å². The molecular formula is C59H116N2O7P+. The Labute approximate surface area is 428 Å². The minimum atomic E-state index is -4.44. The predicted octanol–water partition coefficient (Wildman–Crippen LogP) is 17.8. The van der Waals surface area contributed by atoms with E-state index in [0.717, 1.165) is 70.6 Å². The highest BCUT2D eigenvalue weighted by atomic mass is 31.2. The summed E-state index contributed by atoms with van der Waals surface area (Å²) in [7, 11) is 1.50. The van der Waals surface area contributed by atoms with Crippen molar-refractivity contribution in [3.63, 3.8) is 0 Å². The molecule has 0 aromatic rings. The monoisotopic (exact) mass is 996 g/mol. The molecule has 408 valence electrons. The number of hydrogen-bond donors (Lipinski definition) is 2. The second-order valence-corrected chi connectivity index (χ2v) is 23.0. The van der Waals surface area contributed by atoms with Crippen molar-refractivity contribution < 1.29 is 37.3 Å². The van der Waals surface area contributed by atoms with Crippen LogP contribution in [0.4, 0.5) is 0 Å². The van der Waals surface area contributed by atoms with E-state index in [1.165, 1.54) is 186 Å². The summed E-state index contributed by atoms with van der Waals surface area (Å²) in [5.41, 5.74) is 0. The van der Waals surface area contributed by atoms with E-state index in [4.69, 9.17) is 13.8 Å². The molecule has 0 saturated carbocycles. The molecule has 0 aliphatic carbocycles. The Bertz CT molecular complexity index is 1240. The number of unbranched alkanes of at least 4 members (excludes halogenated alkanes) is 36. The SMILES string of the molecule is CCCCCCCCC/C=C\CCCCCC(=O)OC(/C=C/CCCCCCCCCCCCC)C(COP(=O)(O)OCC[N+](C)(C)C)NC(=O)CCCCCCCCCCCCCCCCCC. The van der Waals surface area contributed by atoms with E-state index >= 15 is 0 Å². The van der Waals surface area contributed by atoms with Crippen molar-refractivity contribution in [2.24, 2.45) is 0 Å². The van der Waals surface area contributed by atoms with Crippen LogP contribution < -0.4 is 5.32 Å². The third-order valence-electron chi connectivity index (χ3n) is 13.4. The zero-order chi connectivity index (χ0) is 50.8. The van der Waals surface area contributed by atoms with Crippen LogP contribution in [0.25, 0.3) is 0 Å². The number of quaternary nitrogens is 1. The molecule has 0 aliphatic rings. The number of esters is 1. The van der Waals surface area contributed by atoms with Crippen molar-refractivity contribution in [1.29, 1.82) is 0 Å². The average Bonchev–Trinajstić information content (AvgIpc) is 3.31. The van der Waals surface area contributed by atoms with Crippen molar-refractivity contribution in [2.75, 3.05) is 40.9 Å². The molecule has 0 aromatic carbocycles. The van der Waals surface area contributed by atoms with Gasteiger partial charge in [0.05, 0.1) is 33.8 Å². The van der Waals surface area contributed by atoms with Crippen LogP contribution in [-0.2, 0) is 27.9 Å². The van der Waals surface area contributed by atoms with Crippen molar-refractivity contribution in [3.05, 3.63) is 24.3 Å². The quantitative estimate of drug-likeness (QED) is 0.0205. The van der Waals surface area contributed by atoms with Crippen LogP contribution in [0.1, 0.15) is 290 Å². The fourth-order valence-corrected chi connectivity index (χ4v) is 9.50. The summed E-state index contributed by atoms with van der Waals surface area (Å²) in [5.74, 6) is -0.509. The van der Waals surface area contributed by atoms with Gasteiger partial charge in [-0.3, -0.25) is 18.6 Å². The van der Waals surface area contributed by atoms with Gasteiger partial charge in [-0.15, -0.1) is 0 Å². The van der Waals surface area contributed by atoms with Crippen LogP contribution in [0, 0.1) is 0 Å². The molecule has 3 unspecified atom stereocenters. The number of ether oxygens (including phenoxy) is 1. The molecule has 1 amide bonds. The molecule has 0 fully saturated rings. The first-order valence-electron chi connectivity index (χ1n) is 29.7. The van der Waals surface area contributed by atoms with Gasteiger partial charge in [0.1, 0.15) is 19.3 Å². The van der Waals surface area contributed by atoms with Gasteiger partial charge in [0.25, 0.3) is 0 Å². The molecule has 0 rings (SSSR count). The van der Waals surface area contributed by atoms with Gasteiger partial charge in [-0.05, 0) is 57.4 Å². The van der Waals surface area contributed by atoms with Crippen molar-refractivity contribution >= 4 is 19.7 Å². The first kappa shape index (κ1) is 67.5. The number of nitrogens with zero attached hydrogens (tertiary/aromatic N) is 1. The third kappa shape index (κ3) is 51.2. The second kappa shape index (κ2) is 50.0. The number of rotatable bonds is 54. The number of amides is 1. The number of nitrogens with one attached hydrogen (secondary N) is 1. The minimum absolute atomic E-state index is 0.0415. The maximum Gasteiger partial charge on any atom is 0.472 e. The summed E-state index contributed by atoms with van der Waals surface area (Å²) >= 11 is 0.